The van der Waals surface area contributed by atoms with Crippen molar-refractivity contribution in [1.82, 2.24) is 31.9 Å². The summed E-state index contributed by atoms with van der Waals surface area (Å²) in [5.74, 6) is 1.84. The first-order valence-corrected chi connectivity index (χ1v) is 13.7. The topological polar surface area (TPSA) is 113 Å². The Morgan fingerprint density at radius 2 is 2.00 bits per heavy atom. The molecular formula is C26H43N7O. The smallest absolute Gasteiger partial charge is 0.267 e. The molecule has 2 saturated carbocycles. The monoisotopic (exact) mass is 469 g/mol. The van der Waals surface area contributed by atoms with Crippen LogP contribution >= 0.6 is 0 Å². The van der Waals surface area contributed by atoms with Gasteiger partial charge in [0.05, 0.1) is 11.8 Å². The van der Waals surface area contributed by atoms with Gasteiger partial charge in [-0.15, -0.1) is 0 Å². The molecule has 8 nitrogen and oxygen atoms in total. The van der Waals surface area contributed by atoms with Gasteiger partial charge in [-0.1, -0.05) is 13.0 Å². The lowest BCUT2D eigenvalue weighted by Gasteiger charge is -2.42. The van der Waals surface area contributed by atoms with Crippen molar-refractivity contribution in [3.63, 3.8) is 0 Å². The number of nitriles is 1. The van der Waals surface area contributed by atoms with E-state index in [1.807, 2.05) is 0 Å². The average Bonchev–Trinajstić information content (AvgIpc) is 3.30. The van der Waals surface area contributed by atoms with Crippen LogP contribution in [0.3, 0.4) is 0 Å². The number of fused-ring (bicyclic) bond motifs is 1. The Balaban J connectivity index is 1.11. The summed E-state index contributed by atoms with van der Waals surface area (Å²) in [6.07, 6.45) is 11.9. The van der Waals surface area contributed by atoms with Crippen LogP contribution in [0.2, 0.25) is 0 Å². The summed E-state index contributed by atoms with van der Waals surface area (Å²) in [5, 5.41) is 30.9. The predicted molar refractivity (Wildman–Crippen MR) is 132 cm³/mol. The zero-order valence-corrected chi connectivity index (χ0v) is 20.6. The summed E-state index contributed by atoms with van der Waals surface area (Å²) in [6, 6.07) is 3.78. The Labute approximate surface area is 204 Å². The van der Waals surface area contributed by atoms with Crippen molar-refractivity contribution in [3.05, 3.63) is 11.8 Å². The van der Waals surface area contributed by atoms with Crippen LogP contribution in [0, 0.1) is 35.0 Å². The van der Waals surface area contributed by atoms with Gasteiger partial charge in [0.1, 0.15) is 6.29 Å². The molecule has 5 rings (SSSR count). The molecule has 1 amide bonds. The van der Waals surface area contributed by atoms with Gasteiger partial charge in [-0.2, -0.15) is 5.26 Å². The highest BCUT2D eigenvalue weighted by molar-refractivity contribution is 5.93. The molecule has 0 radical (unpaired) electrons. The van der Waals surface area contributed by atoms with Gasteiger partial charge in [0.15, 0.2) is 0 Å². The molecule has 188 valence electrons. The molecule has 0 aromatic heterocycles. The predicted octanol–water partition coefficient (Wildman–Crippen LogP) is 1.28. The number of rotatable bonds is 5. The molecule has 2 saturated heterocycles. The fraction of sp³-hybridized carbons (Fsp3) is 0.846. The molecule has 0 aromatic rings. The van der Waals surface area contributed by atoms with Crippen molar-refractivity contribution in [2.45, 2.75) is 95.2 Å². The van der Waals surface area contributed by atoms with Gasteiger partial charge in [-0.25, -0.2) is 0 Å². The molecule has 9 unspecified atom stereocenters. The quantitative estimate of drug-likeness (QED) is 0.360. The highest BCUT2D eigenvalue weighted by Gasteiger charge is 2.37. The third kappa shape index (κ3) is 5.59. The number of nitrogens with zero attached hydrogens (tertiary/aromatic N) is 1. The Hall–Kier alpha value is -1.66. The minimum Gasteiger partial charge on any atom is -0.377 e. The van der Waals surface area contributed by atoms with Crippen molar-refractivity contribution in [3.8, 4) is 6.07 Å². The molecule has 4 fully saturated rings. The molecule has 0 bridgehead atoms. The highest BCUT2D eigenvalue weighted by atomic mass is 16.2. The molecule has 2 aliphatic carbocycles. The number of nitrogens with one attached hydrogen (secondary N) is 6. The van der Waals surface area contributed by atoms with E-state index < -0.39 is 0 Å². The van der Waals surface area contributed by atoms with Gasteiger partial charge in [0.2, 0.25) is 0 Å². The van der Waals surface area contributed by atoms with Crippen LogP contribution in [0.5, 0.6) is 0 Å². The van der Waals surface area contributed by atoms with Crippen LogP contribution < -0.4 is 31.9 Å². The van der Waals surface area contributed by atoms with Gasteiger partial charge >= 0.3 is 0 Å². The maximum atomic E-state index is 13.0. The highest BCUT2D eigenvalue weighted by Crippen LogP contribution is 2.34. The molecule has 6 N–H and O–H groups in total. The molecule has 34 heavy (non-hydrogen) atoms. The standard InChI is InChI=1S/C26H43N7O/c1-16-4-7-20(30-25(34)24-12-18-6-5-17(14-27)11-23(18)31-24)13-22(16)33-26-29-10-8-21(32-26)19-3-2-9-28-15-19/h12,16-23,26,28-29,31-33H,2-11,13,15H2,1H3,(H,30,34). The minimum absolute atomic E-state index is 0.0278. The van der Waals surface area contributed by atoms with E-state index in [-0.39, 0.29) is 30.2 Å². The van der Waals surface area contributed by atoms with Gasteiger partial charge in [-0.3, -0.25) is 20.7 Å². The lowest BCUT2D eigenvalue weighted by atomic mass is 9.80. The van der Waals surface area contributed by atoms with E-state index in [0.717, 1.165) is 69.8 Å². The summed E-state index contributed by atoms with van der Waals surface area (Å²) in [6.45, 7) is 5.66. The van der Waals surface area contributed by atoms with Crippen molar-refractivity contribution in [1.29, 1.82) is 5.26 Å². The molecule has 9 atom stereocenters. The zero-order chi connectivity index (χ0) is 23.5. The Kier molecular flexibility index (Phi) is 7.74. The van der Waals surface area contributed by atoms with E-state index >= 15 is 0 Å². The van der Waals surface area contributed by atoms with Crippen LogP contribution in [0.4, 0.5) is 0 Å². The Morgan fingerprint density at radius 3 is 2.82 bits per heavy atom. The number of carbonyl (C=O) groups is 1. The van der Waals surface area contributed by atoms with Gasteiger partial charge in [-0.05, 0) is 95.2 Å². The van der Waals surface area contributed by atoms with Gasteiger partial charge < -0.3 is 16.0 Å². The Morgan fingerprint density at radius 1 is 1.09 bits per heavy atom. The third-order valence-corrected chi connectivity index (χ3v) is 9.05. The maximum absolute atomic E-state index is 13.0. The van der Waals surface area contributed by atoms with Crippen molar-refractivity contribution in [2.75, 3.05) is 19.6 Å². The molecule has 5 aliphatic rings. The second kappa shape index (κ2) is 10.9. The second-order valence-electron chi connectivity index (χ2n) is 11.4. The first-order chi connectivity index (χ1) is 16.6. The van der Waals surface area contributed by atoms with Crippen LogP contribution in [-0.4, -0.2) is 56.0 Å². The van der Waals surface area contributed by atoms with Crippen molar-refractivity contribution < 1.29 is 4.79 Å². The minimum atomic E-state index is 0.0278. The summed E-state index contributed by atoms with van der Waals surface area (Å²) in [7, 11) is 0. The van der Waals surface area contributed by atoms with E-state index in [4.69, 9.17) is 0 Å². The molecule has 8 heteroatoms. The summed E-state index contributed by atoms with van der Waals surface area (Å²) in [4.78, 5) is 13.0. The molecular weight excluding hydrogens is 426 g/mol. The number of piperidine rings is 1. The number of hydrogen-bond acceptors (Lipinski definition) is 7. The second-order valence-corrected chi connectivity index (χ2v) is 11.4. The molecule has 3 aliphatic heterocycles. The summed E-state index contributed by atoms with van der Waals surface area (Å²) < 4.78 is 0. The average molecular weight is 470 g/mol. The van der Waals surface area contributed by atoms with Crippen molar-refractivity contribution >= 4 is 5.91 Å². The van der Waals surface area contributed by atoms with Gasteiger partial charge in [0, 0.05) is 30.1 Å². The lowest BCUT2D eigenvalue weighted by molar-refractivity contribution is -0.118. The van der Waals surface area contributed by atoms with Crippen LogP contribution in [0.15, 0.2) is 11.8 Å². The SMILES string of the molecule is CC1CCC(NC(=O)C2=CC3CCC(C#N)CC3N2)CC1NC1NCCC(C2CCCNC2)N1. The summed E-state index contributed by atoms with van der Waals surface area (Å²) in [5.41, 5.74) is 0.719. The van der Waals surface area contributed by atoms with E-state index in [1.54, 1.807) is 0 Å². The Bertz CT molecular complexity index is 789. The van der Waals surface area contributed by atoms with Crippen LogP contribution in [0.1, 0.15) is 64.7 Å². The van der Waals surface area contributed by atoms with Crippen LogP contribution in [0.25, 0.3) is 0 Å². The fourth-order valence-corrected chi connectivity index (χ4v) is 6.88. The first kappa shape index (κ1) is 24.1. The normalized spacial score (nSPS) is 42.6. The van der Waals surface area contributed by atoms with E-state index in [0.29, 0.717) is 23.9 Å². The maximum Gasteiger partial charge on any atom is 0.267 e. The molecule has 0 spiro atoms. The van der Waals surface area contributed by atoms with E-state index in [9.17, 15) is 10.1 Å². The van der Waals surface area contributed by atoms with Crippen LogP contribution in [-0.2, 0) is 4.79 Å². The molecule has 0 aromatic carbocycles. The first-order valence-electron chi connectivity index (χ1n) is 13.7. The largest absolute Gasteiger partial charge is 0.377 e. The lowest BCUT2D eigenvalue weighted by Crippen LogP contribution is -2.66. The van der Waals surface area contributed by atoms with E-state index in [1.165, 1.54) is 19.3 Å². The summed E-state index contributed by atoms with van der Waals surface area (Å²) >= 11 is 0. The van der Waals surface area contributed by atoms with E-state index in [2.05, 4.69) is 51.0 Å². The molecule has 3 heterocycles. The van der Waals surface area contributed by atoms with Crippen molar-refractivity contribution in [2.24, 2.45) is 23.7 Å². The number of amides is 1. The number of carbonyl (C=O) groups excluding carboxylic acids is 1. The number of hydrogen-bond donors (Lipinski definition) is 6. The third-order valence-electron chi connectivity index (χ3n) is 9.05. The fourth-order valence-electron chi connectivity index (χ4n) is 6.88. The zero-order valence-electron chi connectivity index (χ0n) is 20.6. The van der Waals surface area contributed by atoms with Gasteiger partial charge in [0.25, 0.3) is 5.91 Å².